The highest BCUT2D eigenvalue weighted by molar-refractivity contribution is 5.98. The van der Waals surface area contributed by atoms with Gasteiger partial charge in [-0.05, 0) is 79.1 Å². The first-order valence-corrected chi connectivity index (χ1v) is 16.2. The SMILES string of the molecule is C=C(/C=c1/cc[nH]/c1=C/C)/C=C/C(CC)=N\N(C=O)c1ccc(C(=O)N2CCCN(C3=CC=CC=CC3)CC2)cc1.CC.CC. The lowest BCUT2D eigenvalue weighted by Crippen LogP contribution is -2.35. The number of amides is 2. The molecule has 1 saturated heterocycles. The van der Waals surface area contributed by atoms with Gasteiger partial charge in [0, 0.05) is 55.4 Å². The van der Waals surface area contributed by atoms with Crippen LogP contribution in [0.4, 0.5) is 5.69 Å². The molecule has 0 radical (unpaired) electrons. The summed E-state index contributed by atoms with van der Waals surface area (Å²) in [6.45, 7) is 19.2. The number of carbonyl (C=O) groups excluding carboxylic acids is 2. The third-order valence-corrected chi connectivity index (χ3v) is 7.17. The number of hydrazone groups is 1. The van der Waals surface area contributed by atoms with E-state index >= 15 is 0 Å². The molecule has 45 heavy (non-hydrogen) atoms. The van der Waals surface area contributed by atoms with E-state index in [4.69, 9.17) is 0 Å². The molecule has 2 heterocycles. The van der Waals surface area contributed by atoms with Crippen LogP contribution in [0, 0.1) is 0 Å². The maximum atomic E-state index is 13.3. The van der Waals surface area contributed by atoms with Gasteiger partial charge in [-0.1, -0.05) is 77.7 Å². The molecule has 0 unspecified atom stereocenters. The Morgan fingerprint density at radius 2 is 1.76 bits per heavy atom. The molecular formula is C38H51N5O2. The Bertz CT molecular complexity index is 1510. The van der Waals surface area contributed by atoms with Gasteiger partial charge in [-0.15, -0.1) is 0 Å². The summed E-state index contributed by atoms with van der Waals surface area (Å²) in [5.41, 5.74) is 4.04. The average Bonchev–Trinajstić information content (AvgIpc) is 3.25. The van der Waals surface area contributed by atoms with Gasteiger partial charge in [-0.25, -0.2) is 5.01 Å². The van der Waals surface area contributed by atoms with Crippen molar-refractivity contribution in [3.8, 4) is 0 Å². The van der Waals surface area contributed by atoms with Crippen molar-refractivity contribution in [1.82, 2.24) is 14.8 Å². The Hall–Kier alpha value is -4.65. The summed E-state index contributed by atoms with van der Waals surface area (Å²) in [4.78, 5) is 32.7. The number of allylic oxidation sites excluding steroid dienone is 8. The van der Waals surface area contributed by atoms with Crippen molar-refractivity contribution in [3.05, 3.63) is 113 Å². The molecule has 1 aromatic carbocycles. The molecule has 7 nitrogen and oxygen atoms in total. The van der Waals surface area contributed by atoms with Gasteiger partial charge in [-0.2, -0.15) is 5.10 Å². The quantitative estimate of drug-likeness (QED) is 0.148. The normalized spacial score (nSPS) is 15.8. The van der Waals surface area contributed by atoms with Gasteiger partial charge in [0.2, 0.25) is 6.41 Å². The van der Waals surface area contributed by atoms with Crippen LogP contribution >= 0.6 is 0 Å². The van der Waals surface area contributed by atoms with Gasteiger partial charge in [-0.3, -0.25) is 9.59 Å². The fourth-order valence-electron chi connectivity index (χ4n) is 4.87. The van der Waals surface area contributed by atoms with E-state index in [0.29, 0.717) is 30.6 Å². The largest absolute Gasteiger partial charge is 0.373 e. The summed E-state index contributed by atoms with van der Waals surface area (Å²) >= 11 is 0. The zero-order chi connectivity index (χ0) is 33.0. The molecule has 1 fully saturated rings. The number of nitrogens with one attached hydrogen (secondary N) is 1. The van der Waals surface area contributed by atoms with Crippen LogP contribution in [0.5, 0.6) is 0 Å². The third kappa shape index (κ3) is 11.1. The maximum Gasteiger partial charge on any atom is 0.253 e. The van der Waals surface area contributed by atoms with Crippen LogP contribution in [0.3, 0.4) is 0 Å². The van der Waals surface area contributed by atoms with E-state index in [1.165, 1.54) is 10.7 Å². The fourth-order valence-corrected chi connectivity index (χ4v) is 4.87. The zero-order valence-electron chi connectivity index (χ0n) is 28.0. The molecule has 2 aliphatic rings. The summed E-state index contributed by atoms with van der Waals surface area (Å²) in [6, 6.07) is 9.07. The topological polar surface area (TPSA) is 72.0 Å². The first-order valence-electron chi connectivity index (χ1n) is 16.2. The molecule has 0 saturated carbocycles. The van der Waals surface area contributed by atoms with Crippen LogP contribution in [0.2, 0.25) is 0 Å². The highest BCUT2D eigenvalue weighted by Crippen LogP contribution is 2.19. The van der Waals surface area contributed by atoms with Gasteiger partial charge < -0.3 is 14.8 Å². The van der Waals surface area contributed by atoms with Crippen LogP contribution < -0.4 is 15.6 Å². The van der Waals surface area contributed by atoms with E-state index in [1.54, 1.807) is 24.3 Å². The van der Waals surface area contributed by atoms with Crippen LogP contribution in [0.25, 0.3) is 12.2 Å². The Kier molecular flexibility index (Phi) is 16.5. The van der Waals surface area contributed by atoms with E-state index in [9.17, 15) is 9.59 Å². The fraction of sp³-hybridized carbons (Fsp3) is 0.342. The van der Waals surface area contributed by atoms with Gasteiger partial charge in [0.25, 0.3) is 5.91 Å². The number of anilines is 1. The second-order valence-electron chi connectivity index (χ2n) is 9.94. The van der Waals surface area contributed by atoms with Crippen molar-refractivity contribution in [1.29, 1.82) is 0 Å². The van der Waals surface area contributed by atoms with Crippen LogP contribution in [0.15, 0.2) is 102 Å². The minimum atomic E-state index is 0.00684. The summed E-state index contributed by atoms with van der Waals surface area (Å²) in [6.07, 6.45) is 23.3. The molecule has 7 heteroatoms. The summed E-state index contributed by atoms with van der Waals surface area (Å²) in [5.74, 6) is 0.00684. The van der Waals surface area contributed by atoms with Crippen LogP contribution in [-0.4, -0.2) is 59.0 Å². The molecule has 0 bridgehead atoms. The summed E-state index contributed by atoms with van der Waals surface area (Å²) < 4.78 is 0. The molecule has 0 spiro atoms. The lowest BCUT2D eigenvalue weighted by molar-refractivity contribution is -0.107. The van der Waals surface area contributed by atoms with Crippen molar-refractivity contribution in [2.45, 2.75) is 60.8 Å². The molecule has 4 rings (SSSR count). The van der Waals surface area contributed by atoms with E-state index in [0.717, 1.165) is 54.3 Å². The second-order valence-corrected chi connectivity index (χ2v) is 9.94. The summed E-state index contributed by atoms with van der Waals surface area (Å²) in [5, 5.41) is 7.93. The number of aromatic amines is 1. The van der Waals surface area contributed by atoms with Gasteiger partial charge >= 0.3 is 0 Å². The van der Waals surface area contributed by atoms with E-state index in [1.807, 2.05) is 89.1 Å². The first-order chi connectivity index (χ1) is 22.0. The number of benzene rings is 1. The molecule has 1 N–H and O–H groups in total. The Morgan fingerprint density at radius 1 is 1.00 bits per heavy atom. The van der Waals surface area contributed by atoms with E-state index in [-0.39, 0.29) is 5.91 Å². The predicted molar refractivity (Wildman–Crippen MR) is 191 cm³/mol. The molecule has 0 atom stereocenters. The third-order valence-electron chi connectivity index (χ3n) is 7.17. The minimum Gasteiger partial charge on any atom is -0.373 e. The highest BCUT2D eigenvalue weighted by Gasteiger charge is 2.21. The van der Waals surface area contributed by atoms with Crippen molar-refractivity contribution in [3.63, 3.8) is 0 Å². The lowest BCUT2D eigenvalue weighted by atomic mass is 10.1. The number of hydrogen-bond acceptors (Lipinski definition) is 4. The number of nitrogens with zero attached hydrogens (tertiary/aromatic N) is 4. The van der Waals surface area contributed by atoms with Crippen molar-refractivity contribution < 1.29 is 9.59 Å². The van der Waals surface area contributed by atoms with E-state index in [2.05, 4.69) is 45.9 Å². The Morgan fingerprint density at radius 3 is 2.44 bits per heavy atom. The molecule has 2 aromatic rings. The monoisotopic (exact) mass is 609 g/mol. The molecule has 2 amide bonds. The van der Waals surface area contributed by atoms with Crippen molar-refractivity contribution in [2.75, 3.05) is 31.2 Å². The Labute approximate surface area is 270 Å². The first kappa shape index (κ1) is 36.5. The van der Waals surface area contributed by atoms with E-state index < -0.39 is 0 Å². The maximum absolute atomic E-state index is 13.3. The number of rotatable bonds is 9. The van der Waals surface area contributed by atoms with Gasteiger partial charge in [0.05, 0.1) is 11.4 Å². The molecular weight excluding hydrogens is 558 g/mol. The average molecular weight is 610 g/mol. The minimum absolute atomic E-state index is 0.00684. The smallest absolute Gasteiger partial charge is 0.253 e. The molecule has 1 aliphatic carbocycles. The number of hydrogen-bond donors (Lipinski definition) is 1. The predicted octanol–water partition coefficient (Wildman–Crippen LogP) is 6.74. The number of H-pyrrole nitrogens is 1. The van der Waals surface area contributed by atoms with Gasteiger partial charge in [0.1, 0.15) is 0 Å². The van der Waals surface area contributed by atoms with Crippen molar-refractivity contribution in [2.24, 2.45) is 5.10 Å². The summed E-state index contributed by atoms with van der Waals surface area (Å²) in [7, 11) is 0. The standard InChI is InChI=1S/C34H39N5O2.2C2H6/c1-4-30(16-13-27(3)25-29-19-20-35-33(29)5-2)36-39(26-40)32-17-14-28(15-18-32)34(41)38-22-10-21-37(23-24-38)31-11-8-6-7-9-12-31;2*1-2/h5-9,11,13-20,25-26,35H,3-4,10,12,21-24H2,1-2H3;2*1-2H3/b16-13+,29-25-,33-5+,36-30-;;. The molecule has 1 aromatic heterocycles. The lowest BCUT2D eigenvalue weighted by Gasteiger charge is -2.25. The second kappa shape index (κ2) is 20.3. The number of aromatic nitrogens is 1. The molecule has 1 aliphatic heterocycles. The van der Waals surface area contributed by atoms with Gasteiger partial charge in [0.15, 0.2) is 0 Å². The Balaban J connectivity index is 0.00000169. The van der Waals surface area contributed by atoms with Crippen molar-refractivity contribution >= 4 is 35.9 Å². The molecule has 240 valence electrons. The highest BCUT2D eigenvalue weighted by atomic mass is 16.2. The zero-order valence-corrected chi connectivity index (χ0v) is 28.0. The van der Waals surface area contributed by atoms with Crippen LogP contribution in [-0.2, 0) is 4.79 Å². The van der Waals surface area contributed by atoms with Crippen LogP contribution in [0.1, 0.15) is 71.2 Å². The number of carbonyl (C=O) groups is 2.